The van der Waals surface area contributed by atoms with Gasteiger partial charge in [0.05, 0.1) is 6.67 Å². The van der Waals surface area contributed by atoms with Crippen LogP contribution in [0.25, 0.3) is 0 Å². The van der Waals surface area contributed by atoms with Crippen molar-refractivity contribution in [2.75, 3.05) is 19.8 Å². The molecule has 0 amide bonds. The van der Waals surface area contributed by atoms with Crippen LogP contribution in [0.4, 0.5) is 0 Å². The lowest BCUT2D eigenvalue weighted by atomic mass is 10.1. The highest BCUT2D eigenvalue weighted by atomic mass is 79.9. The van der Waals surface area contributed by atoms with Crippen molar-refractivity contribution >= 4 is 17.0 Å². The fraction of sp³-hybridized carbons (Fsp3) is 0.875. The molecule has 0 bridgehead atoms. The van der Waals surface area contributed by atoms with E-state index in [2.05, 4.69) is 36.0 Å². The van der Waals surface area contributed by atoms with Crippen molar-refractivity contribution in [3.8, 4) is 0 Å². The van der Waals surface area contributed by atoms with Crippen LogP contribution in [0.3, 0.4) is 0 Å². The maximum atomic E-state index is 2.44. The van der Waals surface area contributed by atoms with E-state index in [-0.39, 0.29) is 17.0 Å². The average Bonchev–Trinajstić information content (AvgIpc) is 2.85. The summed E-state index contributed by atoms with van der Waals surface area (Å²) in [5.74, 6) is 0. The second-order valence-corrected chi connectivity index (χ2v) is 5.49. The quantitative estimate of drug-likeness (QED) is 0.482. The Morgan fingerprint density at radius 1 is 0.737 bits per heavy atom. The summed E-state index contributed by atoms with van der Waals surface area (Å²) in [5, 5.41) is 0. The molecule has 0 aromatic rings. The Bertz CT molecular complexity index is 219. The minimum Gasteiger partial charge on any atom is -0.359 e. The molecule has 0 atom stereocenters. The van der Waals surface area contributed by atoms with Gasteiger partial charge in [-0.25, -0.2) is 0 Å². The second kappa shape index (κ2) is 12.8. The zero-order valence-electron chi connectivity index (χ0n) is 12.9. The summed E-state index contributed by atoms with van der Waals surface area (Å²) in [7, 11) is 0. The van der Waals surface area contributed by atoms with E-state index in [1.165, 1.54) is 64.3 Å². The highest BCUT2D eigenvalue weighted by molar-refractivity contribution is 8.93. The molecule has 0 N–H and O–H groups in total. The van der Waals surface area contributed by atoms with Gasteiger partial charge in [-0.2, -0.15) is 0 Å². The Balaban J connectivity index is 0.00000324. The number of unbranched alkanes of at least 4 members (excludes halogenated alkanes) is 8. The summed E-state index contributed by atoms with van der Waals surface area (Å²) >= 11 is 0. The van der Waals surface area contributed by atoms with E-state index >= 15 is 0 Å². The molecule has 114 valence electrons. The molecule has 3 heteroatoms. The molecule has 0 aromatic carbocycles. The molecule has 0 unspecified atom stereocenters. The second-order valence-electron chi connectivity index (χ2n) is 5.49. The topological polar surface area (TPSA) is 6.48 Å². The summed E-state index contributed by atoms with van der Waals surface area (Å²) in [6.45, 7) is 7.97. The third-order valence-corrected chi connectivity index (χ3v) is 3.81. The number of nitrogens with zero attached hydrogens (tertiary/aromatic N) is 2. The van der Waals surface area contributed by atoms with Crippen molar-refractivity contribution in [2.45, 2.75) is 71.6 Å². The van der Waals surface area contributed by atoms with Crippen molar-refractivity contribution in [3.63, 3.8) is 0 Å². The maximum absolute atomic E-state index is 2.44. The van der Waals surface area contributed by atoms with Crippen LogP contribution in [0.2, 0.25) is 0 Å². The third-order valence-electron chi connectivity index (χ3n) is 3.81. The van der Waals surface area contributed by atoms with Gasteiger partial charge in [0.15, 0.2) is 0 Å². The van der Waals surface area contributed by atoms with Crippen LogP contribution < -0.4 is 0 Å². The molecule has 1 aliphatic heterocycles. The lowest BCUT2D eigenvalue weighted by Gasteiger charge is -2.19. The predicted molar refractivity (Wildman–Crippen MR) is 90.6 cm³/mol. The van der Waals surface area contributed by atoms with Gasteiger partial charge in [0, 0.05) is 25.5 Å². The van der Waals surface area contributed by atoms with Gasteiger partial charge in [0.2, 0.25) is 0 Å². The minimum atomic E-state index is 0. The fourth-order valence-electron chi connectivity index (χ4n) is 2.49. The van der Waals surface area contributed by atoms with Crippen molar-refractivity contribution < 1.29 is 0 Å². The number of rotatable bonds is 11. The van der Waals surface area contributed by atoms with Crippen LogP contribution in [0, 0.1) is 0 Å². The van der Waals surface area contributed by atoms with Crippen LogP contribution in [0.15, 0.2) is 12.4 Å². The molecule has 1 aliphatic rings. The first-order chi connectivity index (χ1) is 8.86. The minimum absolute atomic E-state index is 0. The molecule has 2 nitrogen and oxygen atoms in total. The van der Waals surface area contributed by atoms with Gasteiger partial charge in [-0.05, 0) is 13.3 Å². The van der Waals surface area contributed by atoms with E-state index in [0.717, 1.165) is 13.2 Å². The molecule has 0 aliphatic carbocycles. The summed E-state index contributed by atoms with van der Waals surface area (Å²) in [5.41, 5.74) is 0. The number of halogens is 1. The number of hydrogen-bond acceptors (Lipinski definition) is 2. The van der Waals surface area contributed by atoms with E-state index in [4.69, 9.17) is 0 Å². The summed E-state index contributed by atoms with van der Waals surface area (Å²) in [6.07, 6.45) is 17.2. The first kappa shape index (κ1) is 18.8. The predicted octanol–water partition coefficient (Wildman–Crippen LogP) is 5.16. The molecule has 0 fully saturated rings. The highest BCUT2D eigenvalue weighted by Crippen LogP contribution is 2.11. The van der Waals surface area contributed by atoms with Gasteiger partial charge in [-0.1, -0.05) is 58.3 Å². The highest BCUT2D eigenvalue weighted by Gasteiger charge is 2.08. The van der Waals surface area contributed by atoms with E-state index in [1.807, 2.05) is 0 Å². The molecule has 0 saturated heterocycles. The van der Waals surface area contributed by atoms with Gasteiger partial charge in [-0.15, -0.1) is 17.0 Å². The lowest BCUT2D eigenvalue weighted by molar-refractivity contribution is 0.268. The first-order valence-corrected chi connectivity index (χ1v) is 8.03. The Kier molecular flexibility index (Phi) is 12.7. The zero-order valence-corrected chi connectivity index (χ0v) is 14.7. The third kappa shape index (κ3) is 9.37. The number of hydrogen-bond donors (Lipinski definition) is 0. The monoisotopic (exact) mass is 332 g/mol. The standard InChI is InChI=1S/C16H32N2.BrH/c1-3-5-6-7-8-9-10-11-12-13-18-15-14-17(4-2)16-18;/h14-15H,3-13,16H2,1-2H3;1H. The molecular weight excluding hydrogens is 300 g/mol. The van der Waals surface area contributed by atoms with Gasteiger partial charge < -0.3 is 9.80 Å². The molecule has 1 rings (SSSR count). The lowest BCUT2D eigenvalue weighted by Crippen LogP contribution is -2.25. The zero-order chi connectivity index (χ0) is 13.1. The van der Waals surface area contributed by atoms with E-state index < -0.39 is 0 Å². The first-order valence-electron chi connectivity index (χ1n) is 8.03. The summed E-state index contributed by atoms with van der Waals surface area (Å²) in [6, 6.07) is 0. The average molecular weight is 333 g/mol. The van der Waals surface area contributed by atoms with Crippen molar-refractivity contribution in [1.29, 1.82) is 0 Å². The molecule has 19 heavy (non-hydrogen) atoms. The summed E-state index contributed by atoms with van der Waals surface area (Å²) < 4.78 is 0. The van der Waals surface area contributed by atoms with Gasteiger partial charge in [0.25, 0.3) is 0 Å². The van der Waals surface area contributed by atoms with Crippen LogP contribution in [-0.2, 0) is 0 Å². The fourth-order valence-corrected chi connectivity index (χ4v) is 2.49. The largest absolute Gasteiger partial charge is 0.359 e. The van der Waals surface area contributed by atoms with Crippen LogP contribution in [0.1, 0.15) is 71.6 Å². The molecule has 1 heterocycles. The normalized spacial score (nSPS) is 14.0. The van der Waals surface area contributed by atoms with Crippen molar-refractivity contribution in [1.82, 2.24) is 9.80 Å². The van der Waals surface area contributed by atoms with E-state index in [0.29, 0.717) is 0 Å². The molecular formula is C16H33BrN2. The maximum Gasteiger partial charge on any atom is 0.0893 e. The summed E-state index contributed by atoms with van der Waals surface area (Å²) in [4.78, 5) is 4.79. The van der Waals surface area contributed by atoms with Crippen molar-refractivity contribution in [3.05, 3.63) is 12.4 Å². The van der Waals surface area contributed by atoms with Crippen LogP contribution in [0.5, 0.6) is 0 Å². The van der Waals surface area contributed by atoms with Crippen molar-refractivity contribution in [2.24, 2.45) is 0 Å². The molecule has 0 saturated carbocycles. The van der Waals surface area contributed by atoms with Gasteiger partial charge in [0.1, 0.15) is 0 Å². The van der Waals surface area contributed by atoms with E-state index in [1.54, 1.807) is 0 Å². The molecule has 0 aromatic heterocycles. The Hall–Kier alpha value is -0.180. The van der Waals surface area contributed by atoms with Crippen LogP contribution >= 0.6 is 17.0 Å². The van der Waals surface area contributed by atoms with Gasteiger partial charge >= 0.3 is 0 Å². The smallest absolute Gasteiger partial charge is 0.0893 e. The SMILES string of the molecule is Br.CCCCCCCCCCCN1C=CN(CC)C1. The molecule has 0 spiro atoms. The van der Waals surface area contributed by atoms with Gasteiger partial charge in [-0.3, -0.25) is 0 Å². The Morgan fingerprint density at radius 3 is 1.79 bits per heavy atom. The Morgan fingerprint density at radius 2 is 1.26 bits per heavy atom. The Labute approximate surface area is 131 Å². The molecule has 0 radical (unpaired) electrons. The van der Waals surface area contributed by atoms with E-state index in [9.17, 15) is 0 Å². The van der Waals surface area contributed by atoms with Crippen LogP contribution in [-0.4, -0.2) is 29.6 Å².